The summed E-state index contributed by atoms with van der Waals surface area (Å²) in [6.07, 6.45) is 2.40. The molecule has 0 unspecified atom stereocenters. The van der Waals surface area contributed by atoms with Crippen molar-refractivity contribution in [2.75, 3.05) is 57.4 Å². The van der Waals surface area contributed by atoms with Crippen LogP contribution in [0.2, 0.25) is 0 Å². The van der Waals surface area contributed by atoms with Crippen LogP contribution < -0.4 is 15.8 Å². The number of carbonyl (C=O) groups excluding carboxylic acids is 1. The molecule has 8 nitrogen and oxygen atoms in total. The average Bonchev–Trinajstić information content (AvgIpc) is 2.93. The van der Waals surface area contributed by atoms with E-state index in [2.05, 4.69) is 15.1 Å². The van der Waals surface area contributed by atoms with Gasteiger partial charge in [-0.1, -0.05) is 42.5 Å². The first-order chi connectivity index (χ1) is 17.7. The van der Waals surface area contributed by atoms with Crippen LogP contribution in [0.4, 0.5) is 5.82 Å². The van der Waals surface area contributed by atoms with Gasteiger partial charge in [0.2, 0.25) is 5.91 Å². The summed E-state index contributed by atoms with van der Waals surface area (Å²) >= 11 is 0. The van der Waals surface area contributed by atoms with Gasteiger partial charge in [0.25, 0.3) is 5.56 Å². The largest absolute Gasteiger partial charge is 0.379 e. The van der Waals surface area contributed by atoms with E-state index in [1.807, 2.05) is 59.2 Å². The van der Waals surface area contributed by atoms with E-state index in [0.29, 0.717) is 32.0 Å². The number of fused-ring (bicyclic) bond motifs is 1. The second-order valence-corrected chi connectivity index (χ2v) is 9.66. The first-order valence-corrected chi connectivity index (χ1v) is 13.1. The van der Waals surface area contributed by atoms with E-state index in [9.17, 15) is 9.59 Å². The molecule has 1 amide bonds. The highest BCUT2D eigenvalue weighted by molar-refractivity contribution is 5.79. The maximum absolute atomic E-state index is 13.6. The Morgan fingerprint density at radius 2 is 1.69 bits per heavy atom. The number of amides is 1. The fraction of sp³-hybridized carbons (Fsp3) is 0.464. The number of ether oxygens (including phenoxy) is 1. The zero-order chi connectivity index (χ0) is 24.7. The molecule has 0 bridgehead atoms. The molecule has 1 N–H and O–H groups in total. The number of hydrogen-bond acceptors (Lipinski definition) is 6. The molecule has 2 aromatic carbocycles. The molecule has 2 saturated heterocycles. The van der Waals surface area contributed by atoms with Crippen molar-refractivity contribution in [3.8, 4) is 0 Å². The Morgan fingerprint density at radius 3 is 2.47 bits per heavy atom. The fourth-order valence-corrected chi connectivity index (χ4v) is 5.14. The van der Waals surface area contributed by atoms with Gasteiger partial charge in [0.15, 0.2) is 5.82 Å². The Kier molecular flexibility index (Phi) is 7.93. The number of anilines is 1. The summed E-state index contributed by atoms with van der Waals surface area (Å²) in [5.74, 6) is 0.593. The van der Waals surface area contributed by atoms with Crippen LogP contribution in [0.15, 0.2) is 59.4 Å². The SMILES string of the molecule is O=C(NCCCN1CCOCC1)C1CCN(c2nc3ccccc3n(Cc3ccccc3)c2=O)CC1. The molecule has 190 valence electrons. The molecule has 5 rings (SSSR count). The minimum absolute atomic E-state index is 0.0170. The van der Waals surface area contributed by atoms with Crippen molar-refractivity contribution in [1.82, 2.24) is 19.8 Å². The van der Waals surface area contributed by atoms with E-state index >= 15 is 0 Å². The first kappa shape index (κ1) is 24.5. The number of aromatic nitrogens is 2. The first-order valence-electron chi connectivity index (χ1n) is 13.1. The van der Waals surface area contributed by atoms with Crippen molar-refractivity contribution in [2.24, 2.45) is 5.92 Å². The number of rotatable bonds is 8. The predicted octanol–water partition coefficient (Wildman–Crippen LogP) is 2.50. The predicted molar refractivity (Wildman–Crippen MR) is 141 cm³/mol. The van der Waals surface area contributed by atoms with Gasteiger partial charge in [-0.25, -0.2) is 4.98 Å². The molecule has 8 heteroatoms. The molecule has 0 atom stereocenters. The standard InChI is InChI=1S/C28H35N5O3/c34-27(29-13-6-14-31-17-19-36-20-18-31)23-11-15-32(16-12-23)26-28(35)33(21-22-7-2-1-3-8-22)25-10-5-4-9-24(25)30-26/h1-5,7-10,23H,6,11-21H2,(H,29,34). The third-order valence-corrected chi connectivity index (χ3v) is 7.24. The van der Waals surface area contributed by atoms with Crippen LogP contribution >= 0.6 is 0 Å². The van der Waals surface area contributed by atoms with Crippen molar-refractivity contribution in [1.29, 1.82) is 0 Å². The smallest absolute Gasteiger partial charge is 0.294 e. The molecule has 0 spiro atoms. The van der Waals surface area contributed by atoms with Gasteiger partial charge in [-0.05, 0) is 43.5 Å². The molecule has 0 aliphatic carbocycles. The van der Waals surface area contributed by atoms with E-state index in [1.165, 1.54) is 0 Å². The lowest BCUT2D eigenvalue weighted by Gasteiger charge is -2.32. The van der Waals surface area contributed by atoms with Gasteiger partial charge in [0.05, 0.1) is 30.8 Å². The Balaban J connectivity index is 1.21. The minimum Gasteiger partial charge on any atom is -0.379 e. The van der Waals surface area contributed by atoms with Crippen molar-refractivity contribution in [3.05, 3.63) is 70.5 Å². The topological polar surface area (TPSA) is 79.7 Å². The molecule has 36 heavy (non-hydrogen) atoms. The second kappa shape index (κ2) is 11.7. The van der Waals surface area contributed by atoms with E-state index in [-0.39, 0.29) is 17.4 Å². The molecule has 3 aromatic rings. The summed E-state index contributed by atoms with van der Waals surface area (Å²) in [4.78, 5) is 35.5. The summed E-state index contributed by atoms with van der Waals surface area (Å²) in [6, 6.07) is 17.8. The molecule has 2 fully saturated rings. The number of carbonyl (C=O) groups is 1. The molecular weight excluding hydrogens is 454 g/mol. The number of hydrogen-bond donors (Lipinski definition) is 1. The van der Waals surface area contributed by atoms with Gasteiger partial charge in [0, 0.05) is 38.6 Å². The van der Waals surface area contributed by atoms with Crippen LogP contribution in [0, 0.1) is 5.92 Å². The van der Waals surface area contributed by atoms with Gasteiger partial charge >= 0.3 is 0 Å². The highest BCUT2D eigenvalue weighted by atomic mass is 16.5. The van der Waals surface area contributed by atoms with E-state index in [4.69, 9.17) is 9.72 Å². The summed E-state index contributed by atoms with van der Waals surface area (Å²) in [5, 5.41) is 3.12. The van der Waals surface area contributed by atoms with Crippen molar-refractivity contribution in [2.45, 2.75) is 25.8 Å². The number of nitrogens with one attached hydrogen (secondary N) is 1. The molecule has 2 aliphatic heterocycles. The lowest BCUT2D eigenvalue weighted by atomic mass is 9.96. The molecule has 0 radical (unpaired) electrons. The van der Waals surface area contributed by atoms with Crippen LogP contribution in [0.25, 0.3) is 11.0 Å². The van der Waals surface area contributed by atoms with Crippen molar-refractivity contribution in [3.63, 3.8) is 0 Å². The van der Waals surface area contributed by atoms with Crippen LogP contribution in [-0.4, -0.2) is 72.8 Å². The highest BCUT2D eigenvalue weighted by Crippen LogP contribution is 2.22. The molecular formula is C28H35N5O3. The molecule has 2 aliphatic rings. The van der Waals surface area contributed by atoms with Crippen LogP contribution in [-0.2, 0) is 16.1 Å². The molecule has 3 heterocycles. The molecule has 0 saturated carbocycles. The van der Waals surface area contributed by atoms with E-state index < -0.39 is 0 Å². The monoisotopic (exact) mass is 489 g/mol. The number of piperidine rings is 1. The zero-order valence-corrected chi connectivity index (χ0v) is 20.8. The van der Waals surface area contributed by atoms with E-state index in [1.54, 1.807) is 0 Å². The van der Waals surface area contributed by atoms with Gasteiger partial charge in [0.1, 0.15) is 0 Å². The highest BCUT2D eigenvalue weighted by Gasteiger charge is 2.27. The van der Waals surface area contributed by atoms with Gasteiger partial charge in [-0.3, -0.25) is 19.1 Å². The Labute approximate surface area is 211 Å². The fourth-order valence-electron chi connectivity index (χ4n) is 5.14. The lowest BCUT2D eigenvalue weighted by Crippen LogP contribution is -2.44. The van der Waals surface area contributed by atoms with Gasteiger partial charge in [-0.15, -0.1) is 0 Å². The number of benzene rings is 2. The van der Waals surface area contributed by atoms with Crippen LogP contribution in [0.3, 0.4) is 0 Å². The Hall–Kier alpha value is -3.23. The summed E-state index contributed by atoms with van der Waals surface area (Å²) in [7, 11) is 0. The zero-order valence-electron chi connectivity index (χ0n) is 20.8. The Morgan fingerprint density at radius 1 is 0.972 bits per heavy atom. The maximum atomic E-state index is 13.6. The number of para-hydroxylation sites is 2. The Bertz CT molecular complexity index is 1210. The quantitative estimate of drug-likeness (QED) is 0.490. The third kappa shape index (κ3) is 5.77. The van der Waals surface area contributed by atoms with Crippen molar-refractivity contribution >= 4 is 22.8 Å². The van der Waals surface area contributed by atoms with Crippen LogP contribution in [0.5, 0.6) is 0 Å². The average molecular weight is 490 g/mol. The van der Waals surface area contributed by atoms with Crippen LogP contribution in [0.1, 0.15) is 24.8 Å². The maximum Gasteiger partial charge on any atom is 0.294 e. The van der Waals surface area contributed by atoms with Crippen molar-refractivity contribution < 1.29 is 9.53 Å². The summed E-state index contributed by atoms with van der Waals surface area (Å²) < 4.78 is 7.20. The second-order valence-electron chi connectivity index (χ2n) is 9.66. The third-order valence-electron chi connectivity index (χ3n) is 7.24. The summed E-state index contributed by atoms with van der Waals surface area (Å²) in [5.41, 5.74) is 2.64. The normalized spacial score (nSPS) is 17.4. The number of morpholine rings is 1. The van der Waals surface area contributed by atoms with E-state index in [0.717, 1.165) is 68.7 Å². The minimum atomic E-state index is -0.0800. The van der Waals surface area contributed by atoms with Gasteiger partial charge < -0.3 is 15.0 Å². The van der Waals surface area contributed by atoms with Gasteiger partial charge in [-0.2, -0.15) is 0 Å². The summed E-state index contributed by atoms with van der Waals surface area (Å²) in [6.45, 7) is 7.04. The number of nitrogens with zero attached hydrogens (tertiary/aromatic N) is 4. The molecule has 1 aromatic heterocycles. The lowest BCUT2D eigenvalue weighted by molar-refractivity contribution is -0.125.